The predicted molar refractivity (Wildman–Crippen MR) is 116 cm³/mol. The van der Waals surface area contributed by atoms with Gasteiger partial charge in [0, 0.05) is 31.4 Å². The molecule has 1 aliphatic rings. The fourth-order valence-electron chi connectivity index (χ4n) is 4.00. The molecule has 0 atom stereocenters. The molecule has 0 saturated carbocycles. The first-order valence-electron chi connectivity index (χ1n) is 10.4. The van der Waals surface area contributed by atoms with E-state index in [-0.39, 0.29) is 20.9 Å². The van der Waals surface area contributed by atoms with E-state index in [0.29, 0.717) is 11.4 Å². The minimum atomic E-state index is -3.79. The van der Waals surface area contributed by atoms with Crippen LogP contribution in [0.15, 0.2) is 46.3 Å². The van der Waals surface area contributed by atoms with Crippen LogP contribution in [0.3, 0.4) is 0 Å². The molecule has 0 unspecified atom stereocenters. The fraction of sp³-hybridized carbons (Fsp3) is 0.435. The van der Waals surface area contributed by atoms with Crippen molar-refractivity contribution >= 4 is 20.9 Å². The molecule has 1 aliphatic heterocycles. The second-order valence-corrected chi connectivity index (χ2v) is 10.9. The molecule has 0 radical (unpaired) electrons. The van der Waals surface area contributed by atoms with Crippen molar-refractivity contribution in [1.82, 2.24) is 14.5 Å². The van der Waals surface area contributed by atoms with Crippen LogP contribution < -0.4 is 0 Å². The third-order valence-electron chi connectivity index (χ3n) is 5.64. The number of hydrogen-bond acceptors (Lipinski definition) is 6. The van der Waals surface area contributed by atoms with Gasteiger partial charge in [-0.3, -0.25) is 0 Å². The molecule has 1 fully saturated rings. The Kier molecular flexibility index (Phi) is 5.58. The average Bonchev–Trinajstić information content (AvgIpc) is 3.12. The van der Waals surface area contributed by atoms with Crippen LogP contribution >= 0.6 is 0 Å². The highest BCUT2D eigenvalue weighted by Crippen LogP contribution is 2.31. The van der Waals surface area contributed by atoms with E-state index in [1.807, 2.05) is 12.1 Å². The zero-order chi connectivity index (χ0) is 22.2. The van der Waals surface area contributed by atoms with Crippen molar-refractivity contribution in [2.75, 3.05) is 13.2 Å². The number of rotatable bonds is 4. The Balaban J connectivity index is 1.79. The van der Waals surface area contributed by atoms with Gasteiger partial charge in [0.2, 0.25) is 9.84 Å². The van der Waals surface area contributed by atoms with E-state index in [9.17, 15) is 8.42 Å². The standard InChI is InChI=1S/C23H26N4O3S/c1-23(2,3)22-26-20-13-18(31(28,29)19-6-9-25-17(12-19)14-24)4-5-21(20)27(22)15-16-7-10-30-11-8-16/h4-6,9,12-13,16H,7-8,10-11,15H2,1-3H3. The van der Waals surface area contributed by atoms with Gasteiger partial charge in [0.05, 0.1) is 20.8 Å². The number of aromatic nitrogens is 3. The topological polar surface area (TPSA) is 97.9 Å². The zero-order valence-corrected chi connectivity index (χ0v) is 18.8. The van der Waals surface area contributed by atoms with Crippen molar-refractivity contribution in [3.8, 4) is 6.07 Å². The Bertz CT molecular complexity index is 1260. The SMILES string of the molecule is CC(C)(C)c1nc2cc(S(=O)(=O)c3ccnc(C#N)c3)ccc2n1CC1CCOCC1. The second kappa shape index (κ2) is 8.06. The Labute approximate surface area is 182 Å². The van der Waals surface area contributed by atoms with Crippen LogP contribution in [-0.2, 0) is 26.5 Å². The first-order valence-corrected chi connectivity index (χ1v) is 11.9. The van der Waals surface area contributed by atoms with Gasteiger partial charge in [0.25, 0.3) is 0 Å². The minimum Gasteiger partial charge on any atom is -0.381 e. The summed E-state index contributed by atoms with van der Waals surface area (Å²) in [7, 11) is -3.79. The lowest BCUT2D eigenvalue weighted by Gasteiger charge is -2.26. The normalized spacial score (nSPS) is 15.8. The maximum Gasteiger partial charge on any atom is 0.206 e. The van der Waals surface area contributed by atoms with Crippen molar-refractivity contribution in [2.45, 2.75) is 55.4 Å². The van der Waals surface area contributed by atoms with E-state index in [2.05, 4.69) is 30.3 Å². The van der Waals surface area contributed by atoms with Crippen LogP contribution in [0.2, 0.25) is 0 Å². The fourth-order valence-corrected chi connectivity index (χ4v) is 5.29. The monoisotopic (exact) mass is 438 g/mol. The molecule has 162 valence electrons. The van der Waals surface area contributed by atoms with Crippen LogP contribution in [0.1, 0.15) is 45.1 Å². The number of benzene rings is 1. The molecule has 0 N–H and O–H groups in total. The summed E-state index contributed by atoms with van der Waals surface area (Å²) in [6.45, 7) is 8.75. The van der Waals surface area contributed by atoms with E-state index in [4.69, 9.17) is 15.0 Å². The van der Waals surface area contributed by atoms with Crippen molar-refractivity contribution in [3.05, 3.63) is 48.0 Å². The van der Waals surface area contributed by atoms with Gasteiger partial charge in [0.1, 0.15) is 17.6 Å². The van der Waals surface area contributed by atoms with E-state index in [0.717, 1.165) is 43.9 Å². The van der Waals surface area contributed by atoms with Gasteiger partial charge < -0.3 is 9.30 Å². The van der Waals surface area contributed by atoms with Gasteiger partial charge in [-0.2, -0.15) is 5.26 Å². The molecule has 0 spiro atoms. The Morgan fingerprint density at radius 1 is 1.16 bits per heavy atom. The summed E-state index contributed by atoms with van der Waals surface area (Å²) in [6, 6.07) is 9.69. The number of nitrogens with zero attached hydrogens (tertiary/aromatic N) is 4. The maximum atomic E-state index is 13.2. The molecule has 31 heavy (non-hydrogen) atoms. The van der Waals surface area contributed by atoms with Gasteiger partial charge in [-0.05, 0) is 49.1 Å². The van der Waals surface area contributed by atoms with Gasteiger partial charge in [-0.15, -0.1) is 0 Å². The van der Waals surface area contributed by atoms with Crippen LogP contribution in [0.25, 0.3) is 11.0 Å². The van der Waals surface area contributed by atoms with Gasteiger partial charge in [-0.25, -0.2) is 18.4 Å². The lowest BCUT2D eigenvalue weighted by Crippen LogP contribution is -2.25. The number of fused-ring (bicyclic) bond motifs is 1. The molecule has 4 rings (SSSR count). The number of ether oxygens (including phenoxy) is 1. The average molecular weight is 439 g/mol. The summed E-state index contributed by atoms with van der Waals surface area (Å²) >= 11 is 0. The van der Waals surface area contributed by atoms with Gasteiger partial charge >= 0.3 is 0 Å². The van der Waals surface area contributed by atoms with E-state index in [1.165, 1.54) is 18.3 Å². The minimum absolute atomic E-state index is 0.0519. The second-order valence-electron chi connectivity index (χ2n) is 8.99. The maximum absolute atomic E-state index is 13.2. The van der Waals surface area contributed by atoms with E-state index in [1.54, 1.807) is 12.1 Å². The summed E-state index contributed by atoms with van der Waals surface area (Å²) < 4.78 is 34.1. The summed E-state index contributed by atoms with van der Waals surface area (Å²) in [5.41, 5.74) is 1.48. The zero-order valence-electron chi connectivity index (χ0n) is 18.0. The molecular weight excluding hydrogens is 412 g/mol. The quantitative estimate of drug-likeness (QED) is 0.613. The van der Waals surface area contributed by atoms with Crippen LogP contribution in [0.5, 0.6) is 0 Å². The highest BCUT2D eigenvalue weighted by Gasteiger charge is 2.27. The smallest absolute Gasteiger partial charge is 0.206 e. The molecule has 0 amide bonds. The molecule has 0 bridgehead atoms. The Hall–Kier alpha value is -2.76. The predicted octanol–water partition coefficient (Wildman–Crippen LogP) is 3.86. The molecular formula is C23H26N4O3S. The molecule has 3 aromatic rings. The number of sulfone groups is 1. The van der Waals surface area contributed by atoms with Crippen molar-refractivity contribution < 1.29 is 13.2 Å². The van der Waals surface area contributed by atoms with Crippen LogP contribution in [0, 0.1) is 17.2 Å². The number of imidazole rings is 1. The molecule has 7 nitrogen and oxygen atoms in total. The molecule has 8 heteroatoms. The first-order chi connectivity index (χ1) is 14.7. The third kappa shape index (κ3) is 4.21. The first kappa shape index (κ1) is 21.5. The third-order valence-corrected chi connectivity index (χ3v) is 7.39. The Morgan fingerprint density at radius 3 is 2.55 bits per heavy atom. The highest BCUT2D eigenvalue weighted by atomic mass is 32.2. The van der Waals surface area contributed by atoms with Crippen molar-refractivity contribution in [3.63, 3.8) is 0 Å². The lowest BCUT2D eigenvalue weighted by atomic mass is 9.94. The van der Waals surface area contributed by atoms with Gasteiger partial charge in [-0.1, -0.05) is 20.8 Å². The highest BCUT2D eigenvalue weighted by molar-refractivity contribution is 7.91. The number of nitriles is 1. The number of pyridine rings is 1. The summed E-state index contributed by atoms with van der Waals surface area (Å²) in [5, 5.41) is 9.06. The molecule has 3 heterocycles. The molecule has 2 aromatic heterocycles. The van der Waals surface area contributed by atoms with Gasteiger partial charge in [0.15, 0.2) is 0 Å². The number of hydrogen-bond donors (Lipinski definition) is 0. The molecule has 0 aliphatic carbocycles. The van der Waals surface area contributed by atoms with E-state index >= 15 is 0 Å². The summed E-state index contributed by atoms with van der Waals surface area (Å²) in [6.07, 6.45) is 3.36. The molecule has 1 aromatic carbocycles. The largest absolute Gasteiger partial charge is 0.381 e. The van der Waals surface area contributed by atoms with E-state index < -0.39 is 9.84 Å². The van der Waals surface area contributed by atoms with Crippen molar-refractivity contribution in [1.29, 1.82) is 5.26 Å². The van der Waals surface area contributed by atoms with Crippen LogP contribution in [-0.4, -0.2) is 36.2 Å². The lowest BCUT2D eigenvalue weighted by molar-refractivity contribution is 0.0611. The molecule has 1 saturated heterocycles. The van der Waals surface area contributed by atoms with Crippen molar-refractivity contribution in [2.24, 2.45) is 5.92 Å². The Morgan fingerprint density at radius 2 is 1.87 bits per heavy atom. The summed E-state index contributed by atoms with van der Waals surface area (Å²) in [4.78, 5) is 8.93. The van der Waals surface area contributed by atoms with Crippen LogP contribution in [0.4, 0.5) is 0 Å². The summed E-state index contributed by atoms with van der Waals surface area (Å²) in [5.74, 6) is 1.45.